The molecule has 1 N–H and O–H groups in total. The highest BCUT2D eigenvalue weighted by Crippen LogP contribution is 2.29. The van der Waals surface area contributed by atoms with Crippen molar-refractivity contribution in [3.8, 4) is 17.0 Å². The average molecular weight is 269 g/mol. The van der Waals surface area contributed by atoms with E-state index in [0.717, 1.165) is 33.5 Å². The Bertz CT molecular complexity index is 744. The van der Waals surface area contributed by atoms with Crippen LogP contribution in [-0.2, 0) is 0 Å². The van der Waals surface area contributed by atoms with Gasteiger partial charge in [-0.2, -0.15) is 0 Å². The highest BCUT2D eigenvalue weighted by Gasteiger charge is 2.07. The first kappa shape index (κ1) is 12.7. The van der Waals surface area contributed by atoms with Crippen LogP contribution in [0.4, 0.5) is 4.39 Å². The van der Waals surface area contributed by atoms with Crippen LogP contribution in [0, 0.1) is 12.7 Å². The zero-order chi connectivity index (χ0) is 14.1. The molecule has 0 aliphatic heterocycles. The predicted molar refractivity (Wildman–Crippen MR) is 79.6 cm³/mol. The topological polar surface area (TPSA) is 25.0 Å². The van der Waals surface area contributed by atoms with Crippen LogP contribution in [0.25, 0.3) is 22.2 Å². The van der Waals surface area contributed by atoms with Crippen LogP contribution < -0.4 is 4.74 Å². The van der Waals surface area contributed by atoms with Crippen molar-refractivity contribution in [1.82, 2.24) is 4.98 Å². The van der Waals surface area contributed by atoms with Crippen molar-refractivity contribution in [2.24, 2.45) is 0 Å². The van der Waals surface area contributed by atoms with Crippen molar-refractivity contribution in [2.75, 3.05) is 6.61 Å². The quantitative estimate of drug-likeness (QED) is 0.733. The van der Waals surface area contributed by atoms with Gasteiger partial charge in [0.2, 0.25) is 0 Å². The molecule has 2 aromatic carbocycles. The normalized spacial score (nSPS) is 10.9. The summed E-state index contributed by atoms with van der Waals surface area (Å²) in [6, 6.07) is 12.7. The minimum absolute atomic E-state index is 0.223. The fourth-order valence-electron chi connectivity index (χ4n) is 2.37. The van der Waals surface area contributed by atoms with Crippen LogP contribution in [0.1, 0.15) is 12.5 Å². The molecule has 0 saturated heterocycles. The van der Waals surface area contributed by atoms with Crippen molar-refractivity contribution in [2.45, 2.75) is 13.8 Å². The third-order valence-electron chi connectivity index (χ3n) is 3.37. The molecule has 3 aromatic rings. The van der Waals surface area contributed by atoms with Crippen molar-refractivity contribution >= 4 is 10.9 Å². The Kier molecular flexibility index (Phi) is 3.18. The fraction of sp³-hybridized carbons (Fsp3) is 0.176. The Hall–Kier alpha value is -2.29. The number of aromatic nitrogens is 1. The largest absolute Gasteiger partial charge is 0.494 e. The second-order valence-corrected chi connectivity index (χ2v) is 4.83. The molecular formula is C17H16FNO. The van der Waals surface area contributed by atoms with Crippen molar-refractivity contribution in [3.05, 3.63) is 53.8 Å². The third-order valence-corrected chi connectivity index (χ3v) is 3.37. The molecule has 0 saturated carbocycles. The van der Waals surface area contributed by atoms with Gasteiger partial charge in [-0.1, -0.05) is 0 Å². The molecule has 0 amide bonds. The van der Waals surface area contributed by atoms with Crippen molar-refractivity contribution < 1.29 is 9.13 Å². The first-order valence-electron chi connectivity index (χ1n) is 6.69. The number of ether oxygens (including phenoxy) is 1. The minimum Gasteiger partial charge on any atom is -0.494 e. The van der Waals surface area contributed by atoms with Gasteiger partial charge in [0, 0.05) is 22.7 Å². The van der Waals surface area contributed by atoms with E-state index >= 15 is 0 Å². The van der Waals surface area contributed by atoms with Crippen LogP contribution >= 0.6 is 0 Å². The van der Waals surface area contributed by atoms with E-state index in [4.69, 9.17) is 4.74 Å². The van der Waals surface area contributed by atoms with Crippen LogP contribution in [0.2, 0.25) is 0 Å². The summed E-state index contributed by atoms with van der Waals surface area (Å²) in [5.41, 5.74) is 4.09. The second-order valence-electron chi connectivity index (χ2n) is 4.83. The number of hydrogen-bond donors (Lipinski definition) is 1. The van der Waals surface area contributed by atoms with Gasteiger partial charge in [0.15, 0.2) is 0 Å². The average Bonchev–Trinajstić information content (AvgIpc) is 2.83. The monoisotopic (exact) mass is 269 g/mol. The molecule has 3 heteroatoms. The Balaban J connectivity index is 2.08. The molecule has 0 fully saturated rings. The van der Waals surface area contributed by atoms with Gasteiger partial charge in [-0.15, -0.1) is 0 Å². The molecule has 2 nitrogen and oxygen atoms in total. The summed E-state index contributed by atoms with van der Waals surface area (Å²) in [4.78, 5) is 3.35. The standard InChI is InChI=1S/C17H16FNO/c1-3-20-17-10-16-13(8-11(17)2)9-15(19-16)12-4-6-14(18)7-5-12/h4-10,19H,3H2,1-2H3. The van der Waals surface area contributed by atoms with Crippen LogP contribution in [0.3, 0.4) is 0 Å². The van der Waals surface area contributed by atoms with E-state index in [1.54, 1.807) is 12.1 Å². The number of halogens is 1. The summed E-state index contributed by atoms with van der Waals surface area (Å²) < 4.78 is 18.6. The zero-order valence-electron chi connectivity index (χ0n) is 11.5. The molecule has 102 valence electrons. The third kappa shape index (κ3) is 2.27. The van der Waals surface area contributed by atoms with E-state index in [1.807, 2.05) is 19.9 Å². The Morgan fingerprint density at radius 2 is 1.85 bits per heavy atom. The SMILES string of the molecule is CCOc1cc2[nH]c(-c3ccc(F)cc3)cc2cc1C. The van der Waals surface area contributed by atoms with E-state index in [9.17, 15) is 4.39 Å². The molecule has 0 spiro atoms. The molecule has 0 radical (unpaired) electrons. The number of fused-ring (bicyclic) bond motifs is 1. The van der Waals surface area contributed by atoms with Gasteiger partial charge in [0.05, 0.1) is 6.61 Å². The molecule has 20 heavy (non-hydrogen) atoms. The molecule has 1 aromatic heterocycles. The highest BCUT2D eigenvalue weighted by molar-refractivity contribution is 5.87. The van der Waals surface area contributed by atoms with Gasteiger partial charge in [-0.25, -0.2) is 4.39 Å². The highest BCUT2D eigenvalue weighted by atomic mass is 19.1. The lowest BCUT2D eigenvalue weighted by Crippen LogP contribution is -1.93. The Morgan fingerprint density at radius 1 is 1.10 bits per heavy atom. The summed E-state index contributed by atoms with van der Waals surface area (Å²) in [6.07, 6.45) is 0. The fourth-order valence-corrected chi connectivity index (χ4v) is 2.37. The smallest absolute Gasteiger partial charge is 0.124 e. The zero-order valence-corrected chi connectivity index (χ0v) is 11.5. The Labute approximate surface area is 117 Å². The lowest BCUT2D eigenvalue weighted by atomic mass is 10.1. The molecule has 0 aliphatic rings. The first-order chi connectivity index (χ1) is 9.67. The number of rotatable bonds is 3. The molecule has 0 aliphatic carbocycles. The number of aromatic amines is 1. The van der Waals surface area contributed by atoms with Crippen molar-refractivity contribution in [3.63, 3.8) is 0 Å². The number of H-pyrrole nitrogens is 1. The number of benzene rings is 2. The summed E-state index contributed by atoms with van der Waals surface area (Å²) in [5.74, 6) is 0.673. The summed E-state index contributed by atoms with van der Waals surface area (Å²) in [6.45, 7) is 4.66. The van der Waals surface area contributed by atoms with E-state index in [-0.39, 0.29) is 5.82 Å². The molecule has 0 bridgehead atoms. The van der Waals surface area contributed by atoms with E-state index in [1.165, 1.54) is 12.1 Å². The van der Waals surface area contributed by atoms with Gasteiger partial charge in [-0.05, 0) is 61.4 Å². The van der Waals surface area contributed by atoms with Crippen LogP contribution in [0.5, 0.6) is 5.75 Å². The van der Waals surface area contributed by atoms with Crippen LogP contribution in [-0.4, -0.2) is 11.6 Å². The van der Waals surface area contributed by atoms with E-state index < -0.39 is 0 Å². The van der Waals surface area contributed by atoms with Crippen molar-refractivity contribution in [1.29, 1.82) is 0 Å². The second kappa shape index (κ2) is 5.00. The maximum Gasteiger partial charge on any atom is 0.124 e. The predicted octanol–water partition coefficient (Wildman–Crippen LogP) is 4.68. The van der Waals surface area contributed by atoms with Gasteiger partial charge in [-0.3, -0.25) is 0 Å². The maximum atomic E-state index is 13.0. The summed E-state index contributed by atoms with van der Waals surface area (Å²) in [5, 5.41) is 1.13. The lowest BCUT2D eigenvalue weighted by molar-refractivity contribution is 0.338. The van der Waals surface area contributed by atoms with Gasteiger partial charge in [0.1, 0.15) is 11.6 Å². The van der Waals surface area contributed by atoms with E-state index in [2.05, 4.69) is 17.1 Å². The number of aryl methyl sites for hydroxylation is 1. The lowest BCUT2D eigenvalue weighted by Gasteiger charge is -2.06. The summed E-state index contributed by atoms with van der Waals surface area (Å²) in [7, 11) is 0. The van der Waals surface area contributed by atoms with Gasteiger partial charge in [0.25, 0.3) is 0 Å². The molecular weight excluding hydrogens is 253 g/mol. The summed E-state index contributed by atoms with van der Waals surface area (Å²) >= 11 is 0. The Morgan fingerprint density at radius 3 is 2.55 bits per heavy atom. The van der Waals surface area contributed by atoms with E-state index in [0.29, 0.717) is 6.61 Å². The maximum absolute atomic E-state index is 13.0. The number of nitrogens with one attached hydrogen (secondary N) is 1. The van der Waals surface area contributed by atoms with Gasteiger partial charge < -0.3 is 9.72 Å². The number of hydrogen-bond acceptors (Lipinski definition) is 1. The molecule has 3 rings (SSSR count). The molecule has 1 heterocycles. The minimum atomic E-state index is -0.223. The van der Waals surface area contributed by atoms with Gasteiger partial charge >= 0.3 is 0 Å². The molecule has 0 atom stereocenters. The molecule has 0 unspecified atom stereocenters. The van der Waals surface area contributed by atoms with Crippen LogP contribution in [0.15, 0.2) is 42.5 Å². The first-order valence-corrected chi connectivity index (χ1v) is 6.69.